The highest BCUT2D eigenvalue weighted by Gasteiger charge is 2.33. The number of thioether (sulfide) groups is 1. The van der Waals surface area contributed by atoms with Crippen LogP contribution in [0.3, 0.4) is 0 Å². The SMILES string of the molecule is O=c1cc(C(F)(F)F)nc(SCC=Cc2ccccc2)[nH]1. The van der Waals surface area contributed by atoms with Crippen molar-refractivity contribution in [2.24, 2.45) is 0 Å². The highest BCUT2D eigenvalue weighted by atomic mass is 32.2. The maximum atomic E-state index is 12.5. The number of halogens is 3. The monoisotopic (exact) mass is 312 g/mol. The summed E-state index contributed by atoms with van der Waals surface area (Å²) in [4.78, 5) is 16.9. The van der Waals surface area contributed by atoms with Crippen LogP contribution in [0.1, 0.15) is 11.3 Å². The molecule has 21 heavy (non-hydrogen) atoms. The topological polar surface area (TPSA) is 45.8 Å². The van der Waals surface area contributed by atoms with Gasteiger partial charge in [0, 0.05) is 11.8 Å². The second kappa shape index (κ2) is 6.62. The predicted octanol–water partition coefficient (Wildman–Crippen LogP) is 3.59. The lowest BCUT2D eigenvalue weighted by Crippen LogP contribution is -2.16. The minimum atomic E-state index is -4.62. The normalized spacial score (nSPS) is 12.0. The van der Waals surface area contributed by atoms with Crippen molar-refractivity contribution in [3.8, 4) is 0 Å². The zero-order valence-electron chi connectivity index (χ0n) is 10.7. The number of benzene rings is 1. The largest absolute Gasteiger partial charge is 0.433 e. The quantitative estimate of drug-likeness (QED) is 0.693. The molecule has 0 amide bonds. The molecule has 0 unspecified atom stereocenters. The van der Waals surface area contributed by atoms with Crippen molar-refractivity contribution >= 4 is 17.8 Å². The fraction of sp³-hybridized carbons (Fsp3) is 0.143. The summed E-state index contributed by atoms with van der Waals surface area (Å²) in [5.41, 5.74) is -1.00. The molecule has 1 N–H and O–H groups in total. The summed E-state index contributed by atoms with van der Waals surface area (Å²) in [6.07, 6.45) is -0.984. The number of nitrogens with zero attached hydrogens (tertiary/aromatic N) is 1. The van der Waals surface area contributed by atoms with Crippen LogP contribution < -0.4 is 5.56 Å². The van der Waals surface area contributed by atoms with Crippen molar-refractivity contribution in [2.45, 2.75) is 11.3 Å². The Balaban J connectivity index is 2.02. The molecule has 0 saturated carbocycles. The van der Waals surface area contributed by atoms with Crippen molar-refractivity contribution in [1.29, 1.82) is 0 Å². The third kappa shape index (κ3) is 4.78. The van der Waals surface area contributed by atoms with E-state index in [-0.39, 0.29) is 5.16 Å². The van der Waals surface area contributed by atoms with E-state index in [0.29, 0.717) is 11.8 Å². The number of nitrogens with one attached hydrogen (secondary N) is 1. The first-order valence-electron chi connectivity index (χ1n) is 5.98. The summed E-state index contributed by atoms with van der Waals surface area (Å²) in [6.45, 7) is 0. The van der Waals surface area contributed by atoms with Crippen LogP contribution in [0.15, 0.2) is 52.4 Å². The molecule has 1 heterocycles. The molecule has 3 nitrogen and oxygen atoms in total. The average molecular weight is 312 g/mol. The van der Waals surface area contributed by atoms with Crippen LogP contribution in [0.25, 0.3) is 6.08 Å². The second-order valence-electron chi connectivity index (χ2n) is 4.06. The Morgan fingerprint density at radius 2 is 1.95 bits per heavy atom. The molecule has 2 rings (SSSR count). The summed E-state index contributed by atoms with van der Waals surface area (Å²) >= 11 is 1.03. The van der Waals surface area contributed by atoms with Crippen LogP contribution >= 0.6 is 11.8 Å². The van der Waals surface area contributed by atoms with Gasteiger partial charge in [0.05, 0.1) is 0 Å². The minimum absolute atomic E-state index is 0.0486. The fourth-order valence-electron chi connectivity index (χ4n) is 1.52. The van der Waals surface area contributed by atoms with E-state index in [1.165, 1.54) is 0 Å². The number of hydrogen-bond acceptors (Lipinski definition) is 3. The molecule has 2 aromatic rings. The van der Waals surface area contributed by atoms with E-state index in [1.807, 2.05) is 36.4 Å². The molecular formula is C14H11F3N2OS. The average Bonchev–Trinajstić information content (AvgIpc) is 2.43. The highest BCUT2D eigenvalue weighted by Crippen LogP contribution is 2.27. The van der Waals surface area contributed by atoms with E-state index in [0.717, 1.165) is 17.3 Å². The van der Waals surface area contributed by atoms with E-state index in [2.05, 4.69) is 9.97 Å². The first-order chi connectivity index (χ1) is 9.95. The zero-order valence-corrected chi connectivity index (χ0v) is 11.5. The Morgan fingerprint density at radius 3 is 2.62 bits per heavy atom. The van der Waals surface area contributed by atoms with Crippen molar-refractivity contribution < 1.29 is 13.2 Å². The summed E-state index contributed by atoms with van der Waals surface area (Å²) in [7, 11) is 0. The van der Waals surface area contributed by atoms with Crippen LogP contribution in [0.2, 0.25) is 0 Å². The van der Waals surface area contributed by atoms with Crippen LogP contribution in [-0.2, 0) is 6.18 Å². The maximum Gasteiger partial charge on any atom is 0.433 e. The Morgan fingerprint density at radius 1 is 1.24 bits per heavy atom. The molecule has 0 aliphatic heterocycles. The predicted molar refractivity (Wildman–Crippen MR) is 76.1 cm³/mol. The molecule has 0 bridgehead atoms. The van der Waals surface area contributed by atoms with Gasteiger partial charge in [0.25, 0.3) is 5.56 Å². The lowest BCUT2D eigenvalue weighted by molar-refractivity contribution is -0.141. The van der Waals surface area contributed by atoms with Gasteiger partial charge in [-0.15, -0.1) is 0 Å². The molecular weight excluding hydrogens is 301 g/mol. The van der Waals surface area contributed by atoms with Gasteiger partial charge < -0.3 is 4.98 Å². The molecule has 0 saturated heterocycles. The summed E-state index contributed by atoms with van der Waals surface area (Å²) in [5, 5.41) is -0.0486. The zero-order chi connectivity index (χ0) is 15.3. The van der Waals surface area contributed by atoms with Gasteiger partial charge in [-0.3, -0.25) is 4.79 Å². The first kappa shape index (κ1) is 15.4. The molecule has 1 aromatic carbocycles. The Bertz CT molecular complexity index is 681. The van der Waals surface area contributed by atoms with Crippen LogP contribution in [-0.4, -0.2) is 15.7 Å². The number of alkyl halides is 3. The van der Waals surface area contributed by atoms with Crippen molar-refractivity contribution in [3.63, 3.8) is 0 Å². The Hall–Kier alpha value is -2.02. The molecule has 0 fully saturated rings. The summed E-state index contributed by atoms with van der Waals surface area (Å²) in [5.74, 6) is 0.402. The van der Waals surface area contributed by atoms with Gasteiger partial charge in [-0.05, 0) is 5.56 Å². The highest BCUT2D eigenvalue weighted by molar-refractivity contribution is 7.99. The van der Waals surface area contributed by atoms with Gasteiger partial charge in [-0.1, -0.05) is 54.2 Å². The van der Waals surface area contributed by atoms with E-state index in [9.17, 15) is 18.0 Å². The maximum absolute atomic E-state index is 12.5. The lowest BCUT2D eigenvalue weighted by atomic mass is 10.2. The smallest absolute Gasteiger partial charge is 0.301 e. The van der Waals surface area contributed by atoms with Gasteiger partial charge in [-0.25, -0.2) is 4.98 Å². The summed E-state index contributed by atoms with van der Waals surface area (Å²) < 4.78 is 37.6. The molecule has 0 aliphatic rings. The van der Waals surface area contributed by atoms with Gasteiger partial charge in [0.15, 0.2) is 10.9 Å². The molecule has 1 aromatic heterocycles. The number of aromatic nitrogens is 2. The number of H-pyrrole nitrogens is 1. The number of hydrogen-bond donors (Lipinski definition) is 1. The third-order valence-corrected chi connectivity index (χ3v) is 3.26. The van der Waals surface area contributed by atoms with E-state index >= 15 is 0 Å². The van der Waals surface area contributed by atoms with Gasteiger partial charge in [0.2, 0.25) is 0 Å². The van der Waals surface area contributed by atoms with Gasteiger partial charge >= 0.3 is 6.18 Å². The van der Waals surface area contributed by atoms with Crippen LogP contribution in [0.4, 0.5) is 13.2 Å². The Labute approximate surface area is 122 Å². The van der Waals surface area contributed by atoms with Gasteiger partial charge in [0.1, 0.15) is 0 Å². The lowest BCUT2D eigenvalue weighted by Gasteiger charge is -2.06. The van der Waals surface area contributed by atoms with Crippen molar-refractivity contribution in [1.82, 2.24) is 9.97 Å². The second-order valence-corrected chi connectivity index (χ2v) is 5.07. The van der Waals surface area contributed by atoms with E-state index in [1.54, 1.807) is 6.08 Å². The summed E-state index contributed by atoms with van der Waals surface area (Å²) in [6, 6.07) is 9.93. The minimum Gasteiger partial charge on any atom is -0.301 e. The molecule has 7 heteroatoms. The van der Waals surface area contributed by atoms with E-state index in [4.69, 9.17) is 0 Å². The molecule has 0 aliphatic carbocycles. The molecule has 0 spiro atoms. The third-order valence-electron chi connectivity index (χ3n) is 2.44. The van der Waals surface area contributed by atoms with Crippen LogP contribution in [0.5, 0.6) is 0 Å². The first-order valence-corrected chi connectivity index (χ1v) is 6.96. The molecule has 0 atom stereocenters. The van der Waals surface area contributed by atoms with Gasteiger partial charge in [-0.2, -0.15) is 13.2 Å². The van der Waals surface area contributed by atoms with Crippen molar-refractivity contribution in [2.75, 3.05) is 5.75 Å². The standard InChI is InChI=1S/C14H11F3N2OS/c15-14(16,17)11-9-12(20)19-13(18-11)21-8-4-7-10-5-2-1-3-6-10/h1-7,9H,8H2,(H,18,19,20). The molecule has 110 valence electrons. The van der Waals surface area contributed by atoms with Crippen LogP contribution in [0, 0.1) is 0 Å². The number of rotatable bonds is 4. The molecule has 0 radical (unpaired) electrons. The van der Waals surface area contributed by atoms with E-state index < -0.39 is 17.4 Å². The Kier molecular flexibility index (Phi) is 4.85. The number of aromatic amines is 1. The fourth-order valence-corrected chi connectivity index (χ4v) is 2.21. The van der Waals surface area contributed by atoms with Crippen molar-refractivity contribution in [3.05, 3.63) is 64.1 Å².